The number of aliphatic imine (C=N–C) groups is 1. The van der Waals surface area contributed by atoms with Gasteiger partial charge in [-0.1, -0.05) is 51.4 Å². The number of nitrogens with zero attached hydrogens (tertiary/aromatic N) is 1. The highest BCUT2D eigenvalue weighted by molar-refractivity contribution is 6.34. The Kier molecular flexibility index (Phi) is 3.07. The van der Waals surface area contributed by atoms with Crippen LogP contribution in [0.15, 0.2) is 17.1 Å². The Balaban J connectivity index is 2.47. The summed E-state index contributed by atoms with van der Waals surface area (Å²) in [5, 5.41) is 0.850. The van der Waals surface area contributed by atoms with Crippen LogP contribution in [0.2, 0.25) is 5.02 Å². The van der Waals surface area contributed by atoms with E-state index in [1.165, 1.54) is 16.8 Å². The van der Waals surface area contributed by atoms with Crippen LogP contribution < -0.4 is 0 Å². The van der Waals surface area contributed by atoms with Gasteiger partial charge in [-0.2, -0.15) is 0 Å². The van der Waals surface area contributed by atoms with Gasteiger partial charge in [0.2, 0.25) is 0 Å². The van der Waals surface area contributed by atoms with Gasteiger partial charge in [-0.25, -0.2) is 0 Å². The van der Waals surface area contributed by atoms with E-state index in [0.29, 0.717) is 11.8 Å². The lowest BCUT2D eigenvalue weighted by atomic mass is 9.98. The summed E-state index contributed by atoms with van der Waals surface area (Å²) in [7, 11) is 0. The lowest BCUT2D eigenvalue weighted by Crippen LogP contribution is -2.06. The highest BCUT2D eigenvalue weighted by Gasteiger charge is 2.21. The fourth-order valence-corrected chi connectivity index (χ4v) is 2.49. The average Bonchev–Trinajstić information content (AvgIpc) is 2.62. The summed E-state index contributed by atoms with van der Waals surface area (Å²) >= 11 is 6.41. The number of hydrogen-bond acceptors (Lipinski definition) is 1. The van der Waals surface area contributed by atoms with Gasteiger partial charge in [0.05, 0.1) is 10.7 Å². The summed E-state index contributed by atoms with van der Waals surface area (Å²) in [6, 6.07) is 4.32. The van der Waals surface area contributed by atoms with Gasteiger partial charge in [-0.15, -0.1) is 0 Å². The molecule has 0 N–H and O–H groups in total. The van der Waals surface area contributed by atoms with E-state index in [0.717, 1.165) is 17.1 Å². The van der Waals surface area contributed by atoms with Crippen molar-refractivity contribution in [3.8, 4) is 0 Å². The summed E-state index contributed by atoms with van der Waals surface area (Å²) in [5.74, 6) is 0.960. The van der Waals surface area contributed by atoms with Gasteiger partial charge in [0, 0.05) is 12.1 Å². The maximum Gasteiger partial charge on any atom is 0.0854 e. The Bertz CT molecular complexity index is 444. The molecule has 1 aliphatic rings. The van der Waals surface area contributed by atoms with Crippen molar-refractivity contribution < 1.29 is 0 Å². The van der Waals surface area contributed by atoms with E-state index in [1.54, 1.807) is 0 Å². The van der Waals surface area contributed by atoms with Gasteiger partial charge < -0.3 is 0 Å². The van der Waals surface area contributed by atoms with Gasteiger partial charge >= 0.3 is 0 Å². The zero-order valence-corrected chi connectivity index (χ0v) is 11.1. The predicted octanol–water partition coefficient (Wildman–Crippen LogP) is 4.75. The second-order valence-corrected chi connectivity index (χ2v) is 5.44. The maximum atomic E-state index is 6.41. The topological polar surface area (TPSA) is 12.4 Å². The molecule has 0 saturated carbocycles. The quantitative estimate of drug-likeness (QED) is 0.702. The monoisotopic (exact) mass is 235 g/mol. The first-order valence-electron chi connectivity index (χ1n) is 5.89. The third-order valence-electron chi connectivity index (χ3n) is 3.15. The second-order valence-electron chi connectivity index (χ2n) is 5.07. The molecule has 1 aromatic rings. The molecule has 1 heterocycles. The van der Waals surface area contributed by atoms with Crippen molar-refractivity contribution in [3.05, 3.63) is 28.3 Å². The Hall–Kier alpha value is -0.820. The van der Waals surface area contributed by atoms with E-state index in [2.05, 4.69) is 44.8 Å². The predicted molar refractivity (Wildman–Crippen MR) is 71.2 cm³/mol. The van der Waals surface area contributed by atoms with Crippen molar-refractivity contribution in [2.45, 2.75) is 40.0 Å². The number of rotatable bonds is 2. The van der Waals surface area contributed by atoms with Crippen LogP contribution in [0.4, 0.5) is 5.69 Å². The van der Waals surface area contributed by atoms with Crippen LogP contribution >= 0.6 is 11.6 Å². The molecule has 0 saturated heterocycles. The number of fused-ring (bicyclic) bond motifs is 1. The molecular formula is C14H18ClN. The Morgan fingerprint density at radius 2 is 1.81 bits per heavy atom. The van der Waals surface area contributed by atoms with E-state index < -0.39 is 0 Å². The third-order valence-corrected chi connectivity index (χ3v) is 3.54. The zero-order valence-electron chi connectivity index (χ0n) is 10.3. The van der Waals surface area contributed by atoms with E-state index in [4.69, 9.17) is 11.6 Å². The van der Waals surface area contributed by atoms with Crippen molar-refractivity contribution >= 4 is 23.0 Å². The van der Waals surface area contributed by atoms with Crippen molar-refractivity contribution in [2.24, 2.45) is 10.9 Å². The Labute approximate surface area is 103 Å². The molecule has 0 amide bonds. The van der Waals surface area contributed by atoms with Gasteiger partial charge in [0.15, 0.2) is 0 Å². The molecule has 1 aromatic carbocycles. The Morgan fingerprint density at radius 1 is 1.12 bits per heavy atom. The highest BCUT2D eigenvalue weighted by Crippen LogP contribution is 2.40. The molecule has 0 fully saturated rings. The van der Waals surface area contributed by atoms with Gasteiger partial charge in [-0.3, -0.25) is 4.99 Å². The molecular weight excluding hydrogens is 218 g/mol. The fourth-order valence-electron chi connectivity index (χ4n) is 2.04. The molecule has 2 rings (SSSR count). The molecule has 0 atom stereocenters. The summed E-state index contributed by atoms with van der Waals surface area (Å²) in [6.45, 7) is 8.69. The van der Waals surface area contributed by atoms with Crippen molar-refractivity contribution in [1.82, 2.24) is 0 Å². The molecule has 0 spiro atoms. The molecule has 0 bridgehead atoms. The van der Waals surface area contributed by atoms with Crippen LogP contribution in [0, 0.1) is 5.92 Å². The lowest BCUT2D eigenvalue weighted by molar-refractivity contribution is 0.866. The number of benzene rings is 1. The molecule has 1 aliphatic heterocycles. The normalized spacial score (nSPS) is 14.6. The van der Waals surface area contributed by atoms with Crippen molar-refractivity contribution in [1.29, 1.82) is 0 Å². The summed E-state index contributed by atoms with van der Waals surface area (Å²) in [5.41, 5.74) is 4.74. The largest absolute Gasteiger partial charge is 0.255 e. The van der Waals surface area contributed by atoms with Crippen LogP contribution in [0.5, 0.6) is 0 Å². The molecule has 0 aliphatic carbocycles. The van der Waals surface area contributed by atoms with Gasteiger partial charge in [0.25, 0.3) is 0 Å². The zero-order chi connectivity index (χ0) is 11.9. The summed E-state index contributed by atoms with van der Waals surface area (Å²) < 4.78 is 0. The fraction of sp³-hybridized carbons (Fsp3) is 0.500. The minimum Gasteiger partial charge on any atom is -0.255 e. The minimum atomic E-state index is 0.455. The maximum absolute atomic E-state index is 6.41. The second kappa shape index (κ2) is 4.21. The third kappa shape index (κ3) is 1.89. The SMILES string of the molecule is CC(C)C1=Nc2c(ccc(C(C)C)c2Cl)C1. The lowest BCUT2D eigenvalue weighted by Gasteiger charge is -2.10. The Morgan fingerprint density at radius 3 is 2.38 bits per heavy atom. The molecule has 0 unspecified atom stereocenters. The van der Waals surface area contributed by atoms with Gasteiger partial charge in [-0.05, 0) is 23.0 Å². The standard InChI is InChI=1S/C14H18ClN/c1-8(2)11-6-5-10-7-12(9(3)4)16-14(10)13(11)15/h5-6,8-9H,7H2,1-4H3. The highest BCUT2D eigenvalue weighted by atomic mass is 35.5. The number of hydrogen-bond donors (Lipinski definition) is 0. The van der Waals surface area contributed by atoms with E-state index in [1.807, 2.05) is 0 Å². The molecule has 1 nitrogen and oxygen atoms in total. The van der Waals surface area contributed by atoms with E-state index in [9.17, 15) is 0 Å². The molecule has 86 valence electrons. The van der Waals surface area contributed by atoms with Crippen molar-refractivity contribution in [2.75, 3.05) is 0 Å². The molecule has 0 radical (unpaired) electrons. The van der Waals surface area contributed by atoms with E-state index >= 15 is 0 Å². The first-order valence-corrected chi connectivity index (χ1v) is 6.27. The van der Waals surface area contributed by atoms with Crippen molar-refractivity contribution in [3.63, 3.8) is 0 Å². The van der Waals surface area contributed by atoms with Crippen LogP contribution in [0.25, 0.3) is 0 Å². The summed E-state index contributed by atoms with van der Waals surface area (Å²) in [4.78, 5) is 4.68. The number of halogens is 1. The molecule has 16 heavy (non-hydrogen) atoms. The first-order chi connectivity index (χ1) is 7.50. The van der Waals surface area contributed by atoms with Crippen LogP contribution in [-0.4, -0.2) is 5.71 Å². The smallest absolute Gasteiger partial charge is 0.0854 e. The van der Waals surface area contributed by atoms with Gasteiger partial charge in [0.1, 0.15) is 0 Å². The summed E-state index contributed by atoms with van der Waals surface area (Å²) in [6.07, 6.45) is 0.963. The van der Waals surface area contributed by atoms with Crippen LogP contribution in [-0.2, 0) is 6.42 Å². The molecule has 2 heteroatoms. The van der Waals surface area contributed by atoms with E-state index in [-0.39, 0.29) is 0 Å². The van der Waals surface area contributed by atoms with Crippen LogP contribution in [0.1, 0.15) is 44.7 Å². The minimum absolute atomic E-state index is 0.455. The molecule has 0 aromatic heterocycles. The average molecular weight is 236 g/mol. The van der Waals surface area contributed by atoms with Crippen LogP contribution in [0.3, 0.4) is 0 Å². The first kappa shape index (κ1) is 11.7.